The van der Waals surface area contributed by atoms with E-state index in [0.717, 1.165) is 4.90 Å². The van der Waals surface area contributed by atoms with Crippen LogP contribution in [0.3, 0.4) is 0 Å². The summed E-state index contributed by atoms with van der Waals surface area (Å²) in [7, 11) is 0. The first kappa shape index (κ1) is 7.71. The molecule has 0 aliphatic carbocycles. The van der Waals surface area contributed by atoms with Crippen molar-refractivity contribution in [2.24, 2.45) is 0 Å². The van der Waals surface area contributed by atoms with Gasteiger partial charge in [-0.2, -0.15) is 0 Å². The quantitative estimate of drug-likeness (QED) is 0.491. The summed E-state index contributed by atoms with van der Waals surface area (Å²) >= 11 is 0. The number of carbonyl (C=O) groups is 2. The first-order valence-corrected chi connectivity index (χ1v) is 3.27. The van der Waals surface area contributed by atoms with Crippen LogP contribution in [0.15, 0.2) is 0 Å². The van der Waals surface area contributed by atoms with Crippen molar-refractivity contribution in [2.45, 2.75) is 19.9 Å². The van der Waals surface area contributed by atoms with Gasteiger partial charge in [0.05, 0.1) is 0 Å². The summed E-state index contributed by atoms with van der Waals surface area (Å²) < 4.78 is 0. The molecule has 2 amide bonds. The van der Waals surface area contributed by atoms with Gasteiger partial charge in [-0.1, -0.05) is 0 Å². The fourth-order valence-corrected chi connectivity index (χ4v) is 0.925. The maximum absolute atomic E-state index is 10.9. The van der Waals surface area contributed by atoms with Crippen molar-refractivity contribution >= 4 is 17.8 Å². The predicted molar refractivity (Wildman–Crippen MR) is 37.9 cm³/mol. The summed E-state index contributed by atoms with van der Waals surface area (Å²) in [4.78, 5) is 22.7. The van der Waals surface area contributed by atoms with Gasteiger partial charge in [-0.3, -0.25) is 25.2 Å². The van der Waals surface area contributed by atoms with E-state index in [1.165, 1.54) is 0 Å². The molecular formula is C6H9N3O2. The molecular weight excluding hydrogens is 146 g/mol. The van der Waals surface area contributed by atoms with Gasteiger partial charge in [-0.15, -0.1) is 0 Å². The van der Waals surface area contributed by atoms with Gasteiger partial charge in [0.15, 0.2) is 0 Å². The summed E-state index contributed by atoms with van der Waals surface area (Å²) in [6, 6.07) is -0.144. The lowest BCUT2D eigenvalue weighted by atomic mass is 10.3. The SMILES string of the molecule is CC(C)N1C(=N)NC(=O)C1=O. The molecule has 0 saturated carbocycles. The molecule has 0 aromatic rings. The van der Waals surface area contributed by atoms with E-state index in [0.29, 0.717) is 0 Å². The topological polar surface area (TPSA) is 73.3 Å². The number of guanidine groups is 1. The minimum Gasteiger partial charge on any atom is -0.288 e. The highest BCUT2D eigenvalue weighted by atomic mass is 16.2. The molecule has 0 bridgehead atoms. The van der Waals surface area contributed by atoms with Crippen molar-refractivity contribution in [2.75, 3.05) is 0 Å². The lowest BCUT2D eigenvalue weighted by molar-refractivity contribution is -0.140. The van der Waals surface area contributed by atoms with Crippen LogP contribution in [0, 0.1) is 5.41 Å². The Morgan fingerprint density at radius 2 is 2.00 bits per heavy atom. The molecule has 1 heterocycles. The molecule has 0 atom stereocenters. The maximum atomic E-state index is 10.9. The molecule has 1 rings (SSSR count). The zero-order valence-corrected chi connectivity index (χ0v) is 6.34. The van der Waals surface area contributed by atoms with Crippen LogP contribution in [0.2, 0.25) is 0 Å². The van der Waals surface area contributed by atoms with E-state index in [1.807, 2.05) is 0 Å². The van der Waals surface area contributed by atoms with Crippen LogP contribution in [-0.4, -0.2) is 28.7 Å². The molecule has 1 aliphatic heterocycles. The van der Waals surface area contributed by atoms with E-state index in [-0.39, 0.29) is 12.0 Å². The number of carbonyl (C=O) groups excluding carboxylic acids is 2. The van der Waals surface area contributed by atoms with Crippen molar-refractivity contribution < 1.29 is 9.59 Å². The smallest absolute Gasteiger partial charge is 0.288 e. The van der Waals surface area contributed by atoms with Gasteiger partial charge in [-0.05, 0) is 13.8 Å². The molecule has 0 radical (unpaired) electrons. The lowest BCUT2D eigenvalue weighted by Gasteiger charge is -2.16. The van der Waals surface area contributed by atoms with Crippen molar-refractivity contribution in [3.63, 3.8) is 0 Å². The zero-order chi connectivity index (χ0) is 8.59. The Kier molecular flexibility index (Phi) is 1.64. The Balaban J connectivity index is 2.88. The Morgan fingerprint density at radius 3 is 2.18 bits per heavy atom. The van der Waals surface area contributed by atoms with Crippen molar-refractivity contribution in [1.29, 1.82) is 5.41 Å². The van der Waals surface area contributed by atoms with Crippen molar-refractivity contribution in [3.05, 3.63) is 0 Å². The van der Waals surface area contributed by atoms with E-state index >= 15 is 0 Å². The number of amides is 2. The summed E-state index contributed by atoms with van der Waals surface area (Å²) in [5, 5.41) is 9.29. The second kappa shape index (κ2) is 2.34. The normalized spacial score (nSPS) is 18.1. The highest BCUT2D eigenvalue weighted by Crippen LogP contribution is 2.04. The first-order chi connectivity index (χ1) is 5.04. The molecule has 5 nitrogen and oxygen atoms in total. The van der Waals surface area contributed by atoms with Gasteiger partial charge in [-0.25, -0.2) is 0 Å². The van der Waals surface area contributed by atoms with Gasteiger partial charge in [0, 0.05) is 6.04 Å². The number of hydrogen-bond donors (Lipinski definition) is 2. The molecule has 1 aliphatic rings. The van der Waals surface area contributed by atoms with Gasteiger partial charge in [0.2, 0.25) is 5.96 Å². The highest BCUT2D eigenvalue weighted by molar-refractivity contribution is 6.45. The van der Waals surface area contributed by atoms with E-state index in [2.05, 4.69) is 5.32 Å². The standard InChI is InChI=1S/C6H9N3O2/c1-3(2)9-5(11)4(10)8-6(9)7/h3H,1-2H3,(H2,7,8,10). The van der Waals surface area contributed by atoms with Crippen LogP contribution in [0.5, 0.6) is 0 Å². The zero-order valence-electron chi connectivity index (χ0n) is 6.34. The Morgan fingerprint density at radius 1 is 1.45 bits per heavy atom. The predicted octanol–water partition coefficient (Wildman–Crippen LogP) is -0.712. The third-order valence-corrected chi connectivity index (χ3v) is 1.40. The van der Waals surface area contributed by atoms with Crippen molar-refractivity contribution in [1.82, 2.24) is 10.2 Å². The third-order valence-electron chi connectivity index (χ3n) is 1.40. The third kappa shape index (κ3) is 1.09. The Bertz CT molecular complexity index is 234. The number of nitrogens with zero attached hydrogens (tertiary/aromatic N) is 1. The van der Waals surface area contributed by atoms with E-state index in [1.54, 1.807) is 13.8 Å². The van der Waals surface area contributed by atoms with Crippen LogP contribution in [-0.2, 0) is 9.59 Å². The fraction of sp³-hybridized carbons (Fsp3) is 0.500. The van der Waals surface area contributed by atoms with E-state index in [4.69, 9.17) is 5.41 Å². The van der Waals surface area contributed by atoms with Gasteiger partial charge in [0.1, 0.15) is 0 Å². The average Bonchev–Trinajstić information content (AvgIpc) is 2.07. The van der Waals surface area contributed by atoms with Gasteiger partial charge < -0.3 is 0 Å². The molecule has 0 aromatic carbocycles. The summed E-state index contributed by atoms with van der Waals surface area (Å²) in [5.41, 5.74) is 0. The maximum Gasteiger partial charge on any atom is 0.319 e. The van der Waals surface area contributed by atoms with Gasteiger partial charge >= 0.3 is 11.8 Å². The molecule has 5 heteroatoms. The van der Waals surface area contributed by atoms with Crippen LogP contribution < -0.4 is 5.32 Å². The summed E-state index contributed by atoms with van der Waals surface area (Å²) in [6.07, 6.45) is 0. The molecule has 2 N–H and O–H groups in total. The number of rotatable bonds is 1. The Hall–Kier alpha value is -1.39. The molecule has 1 fully saturated rings. The molecule has 0 aromatic heterocycles. The average molecular weight is 155 g/mol. The summed E-state index contributed by atoms with van der Waals surface area (Å²) in [6.45, 7) is 3.49. The molecule has 0 unspecified atom stereocenters. The van der Waals surface area contributed by atoms with E-state index in [9.17, 15) is 9.59 Å². The molecule has 1 saturated heterocycles. The van der Waals surface area contributed by atoms with E-state index < -0.39 is 11.8 Å². The van der Waals surface area contributed by atoms with Crippen molar-refractivity contribution in [3.8, 4) is 0 Å². The van der Waals surface area contributed by atoms with Crippen LogP contribution in [0.4, 0.5) is 0 Å². The monoisotopic (exact) mass is 155 g/mol. The number of hydrogen-bond acceptors (Lipinski definition) is 3. The summed E-state index contributed by atoms with van der Waals surface area (Å²) in [5.74, 6) is -1.50. The molecule has 11 heavy (non-hydrogen) atoms. The van der Waals surface area contributed by atoms with Crippen LogP contribution in [0.1, 0.15) is 13.8 Å². The molecule has 0 spiro atoms. The van der Waals surface area contributed by atoms with Gasteiger partial charge in [0.25, 0.3) is 0 Å². The van der Waals surface area contributed by atoms with Crippen LogP contribution >= 0.6 is 0 Å². The lowest BCUT2D eigenvalue weighted by Crippen LogP contribution is -2.37. The largest absolute Gasteiger partial charge is 0.319 e. The first-order valence-electron chi connectivity index (χ1n) is 3.27. The Labute approximate surface area is 63.9 Å². The fourth-order valence-electron chi connectivity index (χ4n) is 0.925. The second-order valence-corrected chi connectivity index (χ2v) is 2.57. The second-order valence-electron chi connectivity index (χ2n) is 2.57. The minimum absolute atomic E-state index is 0.130. The molecule has 60 valence electrons. The van der Waals surface area contributed by atoms with Crippen LogP contribution in [0.25, 0.3) is 0 Å². The number of nitrogens with one attached hydrogen (secondary N) is 2. The minimum atomic E-state index is -0.719. The highest BCUT2D eigenvalue weighted by Gasteiger charge is 2.35.